The van der Waals surface area contributed by atoms with Gasteiger partial charge in [0.15, 0.2) is 0 Å². The van der Waals surface area contributed by atoms with Crippen LogP contribution in [0, 0.1) is 0 Å². The summed E-state index contributed by atoms with van der Waals surface area (Å²) < 4.78 is 24.8. The Kier molecular flexibility index (Phi) is 4.18. The fourth-order valence-corrected chi connectivity index (χ4v) is 2.79. The summed E-state index contributed by atoms with van der Waals surface area (Å²) >= 11 is 0. The molecule has 0 aliphatic carbocycles. The van der Waals surface area contributed by atoms with Gasteiger partial charge in [-0.25, -0.2) is 13.2 Å². The van der Waals surface area contributed by atoms with E-state index in [1.165, 1.54) is 25.2 Å². The van der Waals surface area contributed by atoms with Gasteiger partial charge < -0.3 is 10.8 Å². The molecule has 0 radical (unpaired) electrons. The summed E-state index contributed by atoms with van der Waals surface area (Å²) in [7, 11) is -2.17. The molecule has 0 heterocycles. The Morgan fingerprint density at radius 3 is 2.56 bits per heavy atom. The lowest BCUT2D eigenvalue weighted by atomic mass is 10.1. The number of benzene rings is 1. The van der Waals surface area contributed by atoms with E-state index >= 15 is 0 Å². The number of hydrogen-bond acceptors (Lipinski definition) is 4. The highest BCUT2D eigenvalue weighted by Gasteiger charge is 2.22. The van der Waals surface area contributed by atoms with Crippen LogP contribution in [0.1, 0.15) is 23.7 Å². The van der Waals surface area contributed by atoms with Crippen LogP contribution in [0.2, 0.25) is 0 Å². The van der Waals surface area contributed by atoms with E-state index in [0.29, 0.717) is 6.42 Å². The minimum absolute atomic E-state index is 0.0348. The largest absolute Gasteiger partial charge is 0.478 e. The lowest BCUT2D eigenvalue weighted by Gasteiger charge is -2.21. The second-order valence-electron chi connectivity index (χ2n) is 3.87. The normalized spacial score (nSPS) is 11.2. The molecule has 0 atom stereocenters. The van der Waals surface area contributed by atoms with E-state index in [9.17, 15) is 13.2 Å². The number of nitrogens with zero attached hydrogens (tertiary/aromatic N) is 1. The number of hydrogen-bond donors (Lipinski definition) is 2. The first-order chi connectivity index (χ1) is 8.29. The van der Waals surface area contributed by atoms with Crippen LogP contribution >= 0.6 is 0 Å². The third-order valence-electron chi connectivity index (χ3n) is 2.47. The third kappa shape index (κ3) is 2.92. The van der Waals surface area contributed by atoms with Crippen molar-refractivity contribution >= 4 is 27.4 Å². The Labute approximate surface area is 106 Å². The number of carboxylic acid groups (broad SMARTS) is 1. The second kappa shape index (κ2) is 5.26. The quantitative estimate of drug-likeness (QED) is 0.783. The summed E-state index contributed by atoms with van der Waals surface area (Å²) in [5.41, 5.74) is 5.77. The average molecular weight is 272 g/mol. The highest BCUT2D eigenvalue weighted by atomic mass is 32.2. The van der Waals surface area contributed by atoms with Crippen molar-refractivity contribution in [3.63, 3.8) is 0 Å². The molecular weight excluding hydrogens is 256 g/mol. The van der Waals surface area contributed by atoms with Crippen molar-refractivity contribution in [3.8, 4) is 0 Å². The van der Waals surface area contributed by atoms with Gasteiger partial charge in [0.25, 0.3) is 0 Å². The molecule has 100 valence electrons. The van der Waals surface area contributed by atoms with E-state index in [-0.39, 0.29) is 22.7 Å². The molecule has 1 rings (SSSR count). The molecule has 0 fully saturated rings. The Hall–Kier alpha value is -1.76. The number of carboxylic acids is 1. The molecule has 0 aromatic heterocycles. The van der Waals surface area contributed by atoms with Crippen molar-refractivity contribution in [3.05, 3.63) is 23.8 Å². The van der Waals surface area contributed by atoms with E-state index in [1.807, 2.05) is 0 Å². The first-order valence-electron chi connectivity index (χ1n) is 5.39. The molecule has 7 heteroatoms. The van der Waals surface area contributed by atoms with Crippen molar-refractivity contribution in [2.24, 2.45) is 0 Å². The van der Waals surface area contributed by atoms with E-state index in [1.54, 1.807) is 6.92 Å². The number of sulfonamides is 1. The van der Waals surface area contributed by atoms with Crippen molar-refractivity contribution in [2.75, 3.05) is 22.8 Å². The Morgan fingerprint density at radius 1 is 1.44 bits per heavy atom. The molecule has 0 saturated heterocycles. The second-order valence-corrected chi connectivity index (χ2v) is 5.99. The van der Waals surface area contributed by atoms with Crippen LogP contribution in [0.4, 0.5) is 11.4 Å². The molecule has 3 N–H and O–H groups in total. The van der Waals surface area contributed by atoms with Crippen LogP contribution in [-0.4, -0.2) is 32.3 Å². The molecule has 0 unspecified atom stereocenters. The molecule has 0 spiro atoms. The maximum atomic E-state index is 11.9. The lowest BCUT2D eigenvalue weighted by molar-refractivity contribution is 0.0698. The van der Waals surface area contributed by atoms with Crippen molar-refractivity contribution in [1.29, 1.82) is 0 Å². The molecular formula is C11H16N2O4S. The van der Waals surface area contributed by atoms with Gasteiger partial charge >= 0.3 is 5.97 Å². The standard InChI is InChI=1S/C11H16N2O4S/c1-3-6-18(16,17)13(2)10-5-4-8(12)7-9(10)11(14)15/h4-5,7H,3,6,12H2,1-2H3,(H,14,15). The monoisotopic (exact) mass is 272 g/mol. The van der Waals surface area contributed by atoms with Crippen LogP contribution in [0.25, 0.3) is 0 Å². The molecule has 18 heavy (non-hydrogen) atoms. The highest BCUT2D eigenvalue weighted by Crippen LogP contribution is 2.24. The van der Waals surface area contributed by atoms with Gasteiger partial charge in [-0.05, 0) is 24.6 Å². The van der Waals surface area contributed by atoms with Crippen molar-refractivity contribution in [2.45, 2.75) is 13.3 Å². The molecule has 1 aromatic carbocycles. The zero-order valence-corrected chi connectivity index (χ0v) is 11.1. The minimum atomic E-state index is -3.50. The van der Waals surface area contributed by atoms with Gasteiger partial charge in [0, 0.05) is 12.7 Å². The molecule has 0 aliphatic heterocycles. The zero-order chi connectivity index (χ0) is 13.9. The van der Waals surface area contributed by atoms with Crippen LogP contribution < -0.4 is 10.0 Å². The fourth-order valence-electron chi connectivity index (χ4n) is 1.54. The number of carbonyl (C=O) groups is 1. The number of aromatic carboxylic acids is 1. The predicted molar refractivity (Wildman–Crippen MR) is 70.3 cm³/mol. The summed E-state index contributed by atoms with van der Waals surface area (Å²) in [4.78, 5) is 11.1. The average Bonchev–Trinajstić information content (AvgIpc) is 2.27. The number of nitrogens with two attached hydrogens (primary N) is 1. The topological polar surface area (TPSA) is 101 Å². The van der Waals surface area contributed by atoms with Gasteiger partial charge in [0.05, 0.1) is 17.0 Å². The molecule has 1 aromatic rings. The number of nitrogen functional groups attached to an aromatic ring is 1. The van der Waals surface area contributed by atoms with Gasteiger partial charge in [-0.1, -0.05) is 6.92 Å². The first kappa shape index (κ1) is 14.3. The maximum absolute atomic E-state index is 11.9. The smallest absolute Gasteiger partial charge is 0.337 e. The molecule has 0 saturated carbocycles. The van der Waals surface area contributed by atoms with Crippen LogP contribution in [0.3, 0.4) is 0 Å². The fraction of sp³-hybridized carbons (Fsp3) is 0.364. The van der Waals surface area contributed by atoms with E-state index in [0.717, 1.165) is 4.31 Å². The van der Waals surface area contributed by atoms with E-state index < -0.39 is 16.0 Å². The van der Waals surface area contributed by atoms with Gasteiger partial charge in [0.2, 0.25) is 10.0 Å². The summed E-state index contributed by atoms with van der Waals surface area (Å²) in [5.74, 6) is -1.25. The van der Waals surface area contributed by atoms with E-state index in [2.05, 4.69) is 0 Å². The summed E-state index contributed by atoms with van der Waals surface area (Å²) in [5, 5.41) is 9.06. The van der Waals surface area contributed by atoms with Gasteiger partial charge in [-0.2, -0.15) is 0 Å². The van der Waals surface area contributed by atoms with Crippen molar-refractivity contribution in [1.82, 2.24) is 0 Å². The van der Waals surface area contributed by atoms with Crippen molar-refractivity contribution < 1.29 is 18.3 Å². The molecule has 6 nitrogen and oxygen atoms in total. The number of rotatable bonds is 5. The minimum Gasteiger partial charge on any atom is -0.478 e. The first-order valence-corrected chi connectivity index (χ1v) is 7.00. The zero-order valence-electron chi connectivity index (χ0n) is 10.3. The summed E-state index contributed by atoms with van der Waals surface area (Å²) in [6, 6.07) is 4.11. The summed E-state index contributed by atoms with van der Waals surface area (Å²) in [6.07, 6.45) is 0.462. The highest BCUT2D eigenvalue weighted by molar-refractivity contribution is 7.92. The van der Waals surface area contributed by atoms with Crippen LogP contribution in [0.5, 0.6) is 0 Å². The van der Waals surface area contributed by atoms with Gasteiger partial charge in [-0.15, -0.1) is 0 Å². The van der Waals surface area contributed by atoms with Gasteiger partial charge in [-0.3, -0.25) is 4.31 Å². The third-order valence-corrected chi connectivity index (χ3v) is 4.42. The SMILES string of the molecule is CCCS(=O)(=O)N(C)c1ccc(N)cc1C(=O)O. The number of anilines is 2. The molecule has 0 amide bonds. The lowest BCUT2D eigenvalue weighted by Crippen LogP contribution is -2.30. The summed E-state index contributed by atoms with van der Waals surface area (Å²) in [6.45, 7) is 1.74. The maximum Gasteiger partial charge on any atom is 0.337 e. The Morgan fingerprint density at radius 2 is 2.06 bits per heavy atom. The van der Waals surface area contributed by atoms with Crippen LogP contribution in [-0.2, 0) is 10.0 Å². The predicted octanol–water partition coefficient (Wildman–Crippen LogP) is 1.14. The van der Waals surface area contributed by atoms with Crippen LogP contribution in [0.15, 0.2) is 18.2 Å². The Balaban J connectivity index is 3.29. The van der Waals surface area contributed by atoms with E-state index in [4.69, 9.17) is 10.8 Å². The molecule has 0 aliphatic rings. The Bertz CT molecular complexity index is 554. The van der Waals surface area contributed by atoms with Gasteiger partial charge in [0.1, 0.15) is 0 Å². The molecule has 0 bridgehead atoms.